The predicted octanol–water partition coefficient (Wildman–Crippen LogP) is 9.01. The van der Waals surface area contributed by atoms with Crippen LogP contribution in [0.4, 0.5) is 0 Å². The van der Waals surface area contributed by atoms with Gasteiger partial charge in [-0.15, -0.1) is 12.4 Å². The molecule has 7 aromatic rings. The number of ether oxygens (including phenoxy) is 3. The van der Waals surface area contributed by atoms with E-state index in [4.69, 9.17) is 14.2 Å². The normalized spacial score (nSPS) is 11.5. The summed E-state index contributed by atoms with van der Waals surface area (Å²) in [4.78, 5) is 27.5. The number of phenols is 1. The Morgan fingerprint density at radius 2 is 1.32 bits per heavy atom. The highest BCUT2D eigenvalue weighted by Gasteiger charge is 2.26. The predicted molar refractivity (Wildman–Crippen MR) is 248 cm³/mol. The number of esters is 2. The van der Waals surface area contributed by atoms with Gasteiger partial charge in [-0.25, -0.2) is 9.59 Å². The molecular formula is C50H57ClN4O7. The van der Waals surface area contributed by atoms with E-state index in [1.807, 2.05) is 141 Å². The van der Waals surface area contributed by atoms with Gasteiger partial charge in [-0.2, -0.15) is 0 Å². The van der Waals surface area contributed by atoms with Gasteiger partial charge >= 0.3 is 11.9 Å². The van der Waals surface area contributed by atoms with Crippen molar-refractivity contribution in [3.8, 4) is 17.2 Å². The first-order chi connectivity index (χ1) is 29.5. The largest absolute Gasteiger partial charge is 0.508 e. The molecule has 0 saturated heterocycles. The highest BCUT2D eigenvalue weighted by atomic mass is 35.5. The van der Waals surface area contributed by atoms with Crippen LogP contribution >= 0.6 is 12.4 Å². The number of aliphatic hydroxyl groups is 1. The van der Waals surface area contributed by atoms with Crippen molar-refractivity contribution in [3.63, 3.8) is 0 Å². The number of carbonyl (C=O) groups excluding carboxylic acids is 2. The molecule has 5 aromatic carbocycles. The summed E-state index contributed by atoms with van der Waals surface area (Å²) in [5, 5.41) is 25.6. The number of aliphatic hydroxyl groups excluding tert-OH is 1. The Kier molecular flexibility index (Phi) is 16.8. The number of hydrogen-bond acceptors (Lipinski definition) is 9. The summed E-state index contributed by atoms with van der Waals surface area (Å²) < 4.78 is 20.7. The van der Waals surface area contributed by atoms with E-state index in [1.165, 1.54) is 0 Å². The lowest BCUT2D eigenvalue weighted by atomic mass is 10.0. The Morgan fingerprint density at radius 3 is 1.94 bits per heavy atom. The minimum Gasteiger partial charge on any atom is -0.508 e. The van der Waals surface area contributed by atoms with Crippen molar-refractivity contribution in [3.05, 3.63) is 161 Å². The van der Waals surface area contributed by atoms with Crippen molar-refractivity contribution in [2.45, 2.75) is 53.4 Å². The molecule has 0 amide bonds. The third-order valence-corrected chi connectivity index (χ3v) is 10.4. The maximum atomic E-state index is 12.8. The highest BCUT2D eigenvalue weighted by molar-refractivity contribution is 6.09. The van der Waals surface area contributed by atoms with E-state index in [0.717, 1.165) is 55.6 Å². The summed E-state index contributed by atoms with van der Waals surface area (Å²) in [6, 6.07) is 39.3. The molecule has 7 rings (SSSR count). The Balaban J connectivity index is 0.000000240. The summed E-state index contributed by atoms with van der Waals surface area (Å²) in [6.45, 7) is 10.5. The monoisotopic (exact) mass is 860 g/mol. The number of phenolic OH excluding ortho intramolecular Hbond substituents is 1. The van der Waals surface area contributed by atoms with Gasteiger partial charge in [0.15, 0.2) is 0 Å². The first-order valence-corrected chi connectivity index (χ1v) is 20.6. The van der Waals surface area contributed by atoms with Crippen molar-refractivity contribution >= 4 is 46.2 Å². The molecule has 0 bridgehead atoms. The minimum absolute atomic E-state index is 0. The van der Waals surface area contributed by atoms with E-state index in [0.29, 0.717) is 56.3 Å². The van der Waals surface area contributed by atoms with Gasteiger partial charge < -0.3 is 43.8 Å². The van der Waals surface area contributed by atoms with E-state index in [2.05, 4.69) is 22.0 Å². The van der Waals surface area contributed by atoms with Crippen molar-refractivity contribution in [2.24, 2.45) is 0 Å². The molecule has 0 spiro atoms. The lowest BCUT2D eigenvalue weighted by molar-refractivity contribution is 0.0517. The number of halogens is 1. The molecule has 12 heteroatoms. The number of aromatic nitrogens is 2. The molecule has 1 unspecified atom stereocenters. The average Bonchev–Trinajstić information content (AvgIpc) is 3.71. The van der Waals surface area contributed by atoms with Crippen LogP contribution in [0.3, 0.4) is 0 Å². The fourth-order valence-electron chi connectivity index (χ4n) is 7.61. The van der Waals surface area contributed by atoms with E-state index >= 15 is 0 Å². The van der Waals surface area contributed by atoms with Gasteiger partial charge in [0.05, 0.1) is 29.9 Å². The molecule has 0 aliphatic heterocycles. The number of nitrogens with one attached hydrogen (secondary N) is 1. The standard InChI is InChI=1S/C29H32N2O4.C21H24N2O3.ClH/c1-3-34-29(33)28-21(2)31(19-23-12-8-5-9-13-23)27-15-14-25(16-26(27)28)35-20-24(32)18-30-17-22-10-6-4-7-11-22;1-5-26-21(25)19-14(2)23(15-9-7-6-8-10-15)17-11-12-18(24)16(20(17)19)13-22(3)4;/h4-16,24,30,32H,3,17-20H2,1-2H3;6-12,24H,5,13H2,1-4H3;1H. The molecule has 62 heavy (non-hydrogen) atoms. The van der Waals surface area contributed by atoms with Crippen LogP contribution in [0.2, 0.25) is 0 Å². The number of benzene rings is 5. The van der Waals surface area contributed by atoms with E-state index < -0.39 is 6.10 Å². The second kappa shape index (κ2) is 22.1. The van der Waals surface area contributed by atoms with Crippen LogP contribution in [-0.4, -0.2) is 82.8 Å². The fourth-order valence-corrected chi connectivity index (χ4v) is 7.61. The first kappa shape index (κ1) is 46.9. The molecule has 0 fully saturated rings. The maximum Gasteiger partial charge on any atom is 0.340 e. The van der Waals surface area contributed by atoms with Gasteiger partial charge in [0.25, 0.3) is 0 Å². The Labute approximate surface area is 369 Å². The van der Waals surface area contributed by atoms with E-state index in [-0.39, 0.29) is 36.7 Å². The van der Waals surface area contributed by atoms with Gasteiger partial charge in [0.1, 0.15) is 24.2 Å². The third-order valence-electron chi connectivity index (χ3n) is 10.4. The van der Waals surface area contributed by atoms with E-state index in [9.17, 15) is 19.8 Å². The minimum atomic E-state index is -0.664. The van der Waals surface area contributed by atoms with Gasteiger partial charge in [0, 0.05) is 65.1 Å². The van der Waals surface area contributed by atoms with Crippen LogP contribution in [0, 0.1) is 13.8 Å². The van der Waals surface area contributed by atoms with Gasteiger partial charge in [-0.05, 0) is 95.4 Å². The zero-order valence-corrected chi connectivity index (χ0v) is 37.1. The van der Waals surface area contributed by atoms with Gasteiger partial charge in [-0.1, -0.05) is 78.9 Å². The van der Waals surface area contributed by atoms with Crippen LogP contribution in [0.15, 0.2) is 121 Å². The van der Waals surface area contributed by atoms with Crippen LogP contribution in [-0.2, 0) is 29.1 Å². The molecule has 0 aliphatic rings. The Hall–Kier alpha value is -6.11. The average molecular weight is 861 g/mol. The summed E-state index contributed by atoms with van der Waals surface area (Å²) in [5.41, 5.74) is 8.53. The zero-order chi connectivity index (χ0) is 43.5. The quantitative estimate of drug-likeness (QED) is 0.0817. The summed E-state index contributed by atoms with van der Waals surface area (Å²) >= 11 is 0. The molecule has 326 valence electrons. The number of para-hydroxylation sites is 1. The molecular weight excluding hydrogens is 804 g/mol. The van der Waals surface area contributed by atoms with Crippen molar-refractivity contribution in [2.75, 3.05) is 40.5 Å². The number of nitrogens with zero attached hydrogens (tertiary/aromatic N) is 3. The summed E-state index contributed by atoms with van der Waals surface area (Å²) in [6.07, 6.45) is -0.664. The van der Waals surface area contributed by atoms with E-state index in [1.54, 1.807) is 19.9 Å². The van der Waals surface area contributed by atoms with Crippen LogP contribution in [0.5, 0.6) is 11.5 Å². The second-order valence-corrected chi connectivity index (χ2v) is 15.1. The number of rotatable bonds is 16. The third kappa shape index (κ3) is 11.0. The second-order valence-electron chi connectivity index (χ2n) is 15.1. The lowest BCUT2D eigenvalue weighted by Gasteiger charge is -2.14. The summed E-state index contributed by atoms with van der Waals surface area (Å²) in [5.74, 6) is 0.0726. The summed E-state index contributed by atoms with van der Waals surface area (Å²) in [7, 11) is 3.87. The smallest absolute Gasteiger partial charge is 0.340 e. The topological polar surface area (TPSA) is 127 Å². The van der Waals surface area contributed by atoms with Crippen molar-refractivity contribution in [1.29, 1.82) is 0 Å². The Bertz CT molecular complexity index is 2560. The first-order valence-electron chi connectivity index (χ1n) is 20.6. The molecule has 11 nitrogen and oxygen atoms in total. The molecule has 0 aliphatic carbocycles. The maximum absolute atomic E-state index is 12.8. The van der Waals surface area contributed by atoms with Crippen molar-refractivity contribution < 1.29 is 34.0 Å². The molecule has 1 atom stereocenters. The number of hydrogen-bond donors (Lipinski definition) is 3. The molecule has 2 aromatic heterocycles. The zero-order valence-electron chi connectivity index (χ0n) is 36.3. The number of aromatic hydroxyl groups is 1. The van der Waals surface area contributed by atoms with Crippen LogP contribution < -0.4 is 10.1 Å². The van der Waals surface area contributed by atoms with Crippen LogP contribution in [0.25, 0.3) is 27.5 Å². The molecule has 0 saturated carbocycles. The van der Waals surface area contributed by atoms with Crippen LogP contribution in [0.1, 0.15) is 62.6 Å². The molecule has 3 N–H and O–H groups in total. The molecule has 2 heterocycles. The Morgan fingerprint density at radius 1 is 0.742 bits per heavy atom. The van der Waals surface area contributed by atoms with Gasteiger partial charge in [0.2, 0.25) is 0 Å². The molecule has 0 radical (unpaired) electrons. The number of carbonyl (C=O) groups is 2. The van der Waals surface area contributed by atoms with Crippen molar-refractivity contribution in [1.82, 2.24) is 19.4 Å². The highest BCUT2D eigenvalue weighted by Crippen LogP contribution is 2.37. The SMILES string of the molecule is CCOC(=O)c1c(C)n(-c2ccccc2)c2ccc(O)c(CN(C)C)c12.CCOC(=O)c1c(C)n(Cc2ccccc2)c2ccc(OCC(O)CNCc3ccccc3)cc12.Cl. The van der Waals surface area contributed by atoms with Gasteiger partial charge in [-0.3, -0.25) is 0 Å². The lowest BCUT2D eigenvalue weighted by Crippen LogP contribution is -2.31. The fraction of sp³-hybridized carbons (Fsp3) is 0.280. The number of fused-ring (bicyclic) bond motifs is 2.